The van der Waals surface area contributed by atoms with E-state index in [2.05, 4.69) is 15.5 Å². The summed E-state index contributed by atoms with van der Waals surface area (Å²) in [6.07, 6.45) is -6.27. The molecule has 1 N–H and O–H groups in total. The van der Waals surface area contributed by atoms with Crippen molar-refractivity contribution in [2.24, 2.45) is 0 Å². The second-order valence-electron chi connectivity index (χ2n) is 11.6. The van der Waals surface area contributed by atoms with Gasteiger partial charge in [-0.3, -0.25) is 10.1 Å². The highest BCUT2D eigenvalue weighted by molar-refractivity contribution is 7.18. The molecular formula is C28H31F4N5O6S. The van der Waals surface area contributed by atoms with Gasteiger partial charge in [-0.05, 0) is 77.8 Å². The van der Waals surface area contributed by atoms with Crippen molar-refractivity contribution in [3.63, 3.8) is 0 Å². The van der Waals surface area contributed by atoms with Crippen LogP contribution in [0, 0.1) is 15.9 Å². The van der Waals surface area contributed by atoms with Crippen LogP contribution in [-0.2, 0) is 22.1 Å². The first kappa shape index (κ1) is 34.2. The van der Waals surface area contributed by atoms with Crippen LogP contribution >= 0.6 is 11.3 Å². The molecule has 11 nitrogen and oxygen atoms in total. The predicted molar refractivity (Wildman–Crippen MR) is 154 cm³/mol. The number of carbonyl (C=O) groups is 2. The Morgan fingerprint density at radius 3 is 2.14 bits per heavy atom. The number of anilines is 1. The molecule has 1 heterocycles. The van der Waals surface area contributed by atoms with Crippen LogP contribution < -0.4 is 10.2 Å². The Morgan fingerprint density at radius 1 is 1.00 bits per heavy atom. The molecule has 1 aromatic heterocycles. The maximum absolute atomic E-state index is 14.3. The van der Waals surface area contributed by atoms with E-state index in [4.69, 9.17) is 9.47 Å². The van der Waals surface area contributed by atoms with Crippen molar-refractivity contribution in [3.05, 3.63) is 69.5 Å². The number of halogens is 4. The molecule has 3 rings (SSSR count). The average Bonchev–Trinajstić information content (AvgIpc) is 3.34. The fourth-order valence-electron chi connectivity index (χ4n) is 3.75. The Kier molecular flexibility index (Phi) is 10.2. The number of ether oxygens (including phenoxy) is 2. The van der Waals surface area contributed by atoms with Crippen LogP contribution in [-0.4, -0.2) is 51.1 Å². The molecule has 238 valence electrons. The number of amides is 2. The topological polar surface area (TPSA) is 137 Å². The van der Waals surface area contributed by atoms with E-state index in [0.717, 1.165) is 40.5 Å². The molecule has 0 aliphatic heterocycles. The highest BCUT2D eigenvalue weighted by Crippen LogP contribution is 2.33. The van der Waals surface area contributed by atoms with E-state index < -0.39 is 57.6 Å². The summed E-state index contributed by atoms with van der Waals surface area (Å²) in [5.74, 6) is -1.09. The number of carbonyl (C=O) groups excluding carboxylic acids is 2. The van der Waals surface area contributed by atoms with E-state index in [0.29, 0.717) is 5.56 Å². The third-order valence-corrected chi connectivity index (χ3v) is 6.53. The number of alkyl carbamates (subject to hydrolysis) is 1. The monoisotopic (exact) mass is 641 g/mol. The minimum Gasteiger partial charge on any atom is -0.444 e. The van der Waals surface area contributed by atoms with Crippen LogP contribution in [0.15, 0.2) is 42.5 Å². The molecule has 16 heteroatoms. The summed E-state index contributed by atoms with van der Waals surface area (Å²) in [6, 6.07) is 6.59. The third-order valence-electron chi connectivity index (χ3n) is 5.54. The summed E-state index contributed by atoms with van der Waals surface area (Å²) < 4.78 is 64.5. The molecule has 0 saturated heterocycles. The Labute approximate surface area is 254 Å². The first-order valence-electron chi connectivity index (χ1n) is 13.2. The number of aromatic nitrogens is 2. The van der Waals surface area contributed by atoms with E-state index in [1.165, 1.54) is 18.2 Å². The fraction of sp³-hybridized carbons (Fsp3) is 0.429. The van der Waals surface area contributed by atoms with Gasteiger partial charge in [0.15, 0.2) is 0 Å². The molecule has 2 aromatic carbocycles. The van der Waals surface area contributed by atoms with Crippen molar-refractivity contribution in [1.29, 1.82) is 0 Å². The van der Waals surface area contributed by atoms with Crippen LogP contribution in [0.5, 0.6) is 0 Å². The smallest absolute Gasteiger partial charge is 0.416 e. The van der Waals surface area contributed by atoms with Gasteiger partial charge >= 0.3 is 24.1 Å². The Balaban J connectivity index is 1.98. The van der Waals surface area contributed by atoms with E-state index in [1.54, 1.807) is 41.5 Å². The number of nitrogens with one attached hydrogen (secondary N) is 1. The van der Waals surface area contributed by atoms with Crippen molar-refractivity contribution in [2.45, 2.75) is 71.4 Å². The van der Waals surface area contributed by atoms with E-state index >= 15 is 0 Å². The molecule has 2 amide bonds. The lowest BCUT2D eigenvalue weighted by Gasteiger charge is -2.29. The quantitative estimate of drug-likeness (QED) is 0.156. The van der Waals surface area contributed by atoms with Crippen LogP contribution in [0.3, 0.4) is 0 Å². The van der Waals surface area contributed by atoms with Crippen LogP contribution in [0.4, 0.5) is 38.0 Å². The molecule has 44 heavy (non-hydrogen) atoms. The summed E-state index contributed by atoms with van der Waals surface area (Å²) >= 11 is 0.851. The molecule has 1 atom stereocenters. The molecule has 0 radical (unpaired) electrons. The lowest BCUT2D eigenvalue weighted by molar-refractivity contribution is -0.387. The number of rotatable bonds is 8. The van der Waals surface area contributed by atoms with E-state index in [-0.39, 0.29) is 28.7 Å². The van der Waals surface area contributed by atoms with Crippen molar-refractivity contribution in [3.8, 4) is 10.6 Å². The normalized spacial score (nSPS) is 12.8. The average molecular weight is 642 g/mol. The minimum atomic E-state index is -4.54. The number of hydrogen-bond donors (Lipinski definition) is 1. The highest BCUT2D eigenvalue weighted by atomic mass is 32.1. The number of nitrogens with zero attached hydrogens (tertiary/aromatic N) is 4. The fourth-order valence-corrected chi connectivity index (χ4v) is 4.59. The molecule has 3 aromatic rings. The van der Waals surface area contributed by atoms with Gasteiger partial charge in [0, 0.05) is 11.6 Å². The molecule has 0 spiro atoms. The molecule has 0 unspecified atom stereocenters. The number of hydrogen-bond acceptors (Lipinski definition) is 9. The third kappa shape index (κ3) is 9.86. The maximum Gasteiger partial charge on any atom is 0.416 e. The Morgan fingerprint density at radius 2 is 1.61 bits per heavy atom. The Bertz CT molecular complexity index is 1500. The van der Waals surface area contributed by atoms with Gasteiger partial charge in [0.2, 0.25) is 10.9 Å². The van der Waals surface area contributed by atoms with Gasteiger partial charge in [0.25, 0.3) is 0 Å². The first-order valence-corrected chi connectivity index (χ1v) is 14.0. The van der Waals surface area contributed by atoms with Crippen molar-refractivity contribution < 1.29 is 41.5 Å². The molecule has 0 aliphatic rings. The second kappa shape index (κ2) is 13.1. The summed E-state index contributed by atoms with van der Waals surface area (Å²) in [6.45, 7) is 9.56. The largest absolute Gasteiger partial charge is 0.444 e. The first-order chi connectivity index (χ1) is 20.2. The van der Waals surface area contributed by atoms with Gasteiger partial charge < -0.3 is 14.8 Å². The number of nitro groups is 1. The zero-order valence-electron chi connectivity index (χ0n) is 24.7. The second-order valence-corrected chi connectivity index (χ2v) is 12.6. The molecule has 0 aliphatic carbocycles. The molecule has 0 fully saturated rings. The van der Waals surface area contributed by atoms with Gasteiger partial charge in [-0.2, -0.15) is 17.6 Å². The SMILES string of the molecule is CC(C)(C)OC(=O)N[C@H](Cc1ccc(C(F)(F)F)cc1)CN(C(=O)OC(C)(C)C)c1nnc(-c2ccc([N+](=O)[O-])c(F)c2)s1. The van der Waals surface area contributed by atoms with Gasteiger partial charge in [0.05, 0.1) is 23.1 Å². The van der Waals surface area contributed by atoms with Crippen LogP contribution in [0.2, 0.25) is 0 Å². The minimum absolute atomic E-state index is 0.0172. The zero-order chi connectivity index (χ0) is 33.0. The lowest BCUT2D eigenvalue weighted by Crippen LogP contribution is -2.49. The standard InChI is InChI=1S/C28H31F4N5O6S/c1-26(2,3)42-24(38)33-19(13-16-7-10-18(11-8-16)28(30,31)32)15-36(25(39)43-27(4,5)6)23-35-34-22(44-23)17-9-12-21(37(40)41)20(29)14-17/h7-12,14,19H,13,15H2,1-6H3,(H,33,38)/t19-/m1/s1. The van der Waals surface area contributed by atoms with Gasteiger partial charge in [-0.15, -0.1) is 10.2 Å². The molecule has 0 saturated carbocycles. The summed E-state index contributed by atoms with van der Waals surface area (Å²) in [4.78, 5) is 37.3. The van der Waals surface area contributed by atoms with Crippen molar-refractivity contribution in [2.75, 3.05) is 11.4 Å². The van der Waals surface area contributed by atoms with E-state index in [9.17, 15) is 37.3 Å². The Hall–Kier alpha value is -4.34. The number of benzene rings is 2. The summed E-state index contributed by atoms with van der Waals surface area (Å²) in [5.41, 5.74) is -2.82. The van der Waals surface area contributed by atoms with Crippen LogP contribution in [0.25, 0.3) is 10.6 Å². The van der Waals surface area contributed by atoms with Crippen molar-refractivity contribution >= 4 is 34.3 Å². The summed E-state index contributed by atoms with van der Waals surface area (Å²) in [7, 11) is 0. The van der Waals surface area contributed by atoms with Gasteiger partial charge in [-0.25, -0.2) is 14.5 Å². The molecule has 0 bridgehead atoms. The summed E-state index contributed by atoms with van der Waals surface area (Å²) in [5, 5.41) is 21.8. The van der Waals surface area contributed by atoms with Gasteiger partial charge in [-0.1, -0.05) is 23.5 Å². The molecular weight excluding hydrogens is 610 g/mol. The number of nitro benzene ring substituents is 1. The van der Waals surface area contributed by atoms with Crippen molar-refractivity contribution in [1.82, 2.24) is 15.5 Å². The lowest BCUT2D eigenvalue weighted by atomic mass is 10.0. The van der Waals surface area contributed by atoms with Crippen LogP contribution in [0.1, 0.15) is 52.7 Å². The van der Waals surface area contributed by atoms with Gasteiger partial charge in [0.1, 0.15) is 16.2 Å². The zero-order valence-corrected chi connectivity index (χ0v) is 25.5. The number of alkyl halides is 3. The van der Waals surface area contributed by atoms with E-state index in [1.807, 2.05) is 0 Å². The predicted octanol–water partition coefficient (Wildman–Crippen LogP) is 7.15. The highest BCUT2D eigenvalue weighted by Gasteiger charge is 2.32. The maximum atomic E-state index is 14.3.